The first-order valence-corrected chi connectivity index (χ1v) is 6.54. The number of nitrogens with one attached hydrogen (secondary N) is 1. The number of rotatable bonds is 8. The number of nitrogen functional groups attached to an aromatic ring is 1. The third-order valence-electron chi connectivity index (χ3n) is 2.86. The Labute approximate surface area is 109 Å². The molecule has 0 bridgehead atoms. The van der Waals surface area contributed by atoms with Crippen molar-refractivity contribution < 1.29 is 4.74 Å². The third kappa shape index (κ3) is 4.49. The van der Waals surface area contributed by atoms with Crippen LogP contribution >= 0.6 is 0 Å². The Morgan fingerprint density at radius 1 is 1.28 bits per heavy atom. The van der Waals surface area contributed by atoms with Crippen molar-refractivity contribution in [3.8, 4) is 0 Å². The molecule has 3 N–H and O–H groups in total. The summed E-state index contributed by atoms with van der Waals surface area (Å²) in [5, 5.41) is 3.35. The zero-order valence-electron chi connectivity index (χ0n) is 11.6. The molecule has 5 nitrogen and oxygen atoms in total. The van der Waals surface area contributed by atoms with Gasteiger partial charge in [0.2, 0.25) is 5.95 Å². The molecule has 5 heteroatoms. The van der Waals surface area contributed by atoms with Gasteiger partial charge in [-0.15, -0.1) is 0 Å². The average Bonchev–Trinajstić information content (AvgIpc) is 2.33. The van der Waals surface area contributed by atoms with Gasteiger partial charge < -0.3 is 15.8 Å². The maximum absolute atomic E-state index is 5.69. The molecule has 1 aromatic heterocycles. The van der Waals surface area contributed by atoms with Crippen LogP contribution in [-0.4, -0.2) is 30.2 Å². The first-order valence-electron chi connectivity index (χ1n) is 6.54. The molecule has 0 aliphatic rings. The summed E-state index contributed by atoms with van der Waals surface area (Å²) >= 11 is 0. The van der Waals surface area contributed by atoms with Crippen molar-refractivity contribution in [1.82, 2.24) is 9.97 Å². The zero-order chi connectivity index (χ0) is 13.4. The number of unbranched alkanes of at least 4 members (excludes halogenated alkanes) is 2. The van der Waals surface area contributed by atoms with E-state index < -0.39 is 0 Å². The Balaban J connectivity index is 2.72. The van der Waals surface area contributed by atoms with Crippen LogP contribution < -0.4 is 11.1 Å². The van der Waals surface area contributed by atoms with Crippen molar-refractivity contribution >= 4 is 11.8 Å². The van der Waals surface area contributed by atoms with E-state index in [2.05, 4.69) is 22.2 Å². The molecule has 0 saturated heterocycles. The number of hydrogen-bond donors (Lipinski definition) is 2. The van der Waals surface area contributed by atoms with Crippen molar-refractivity contribution in [2.75, 3.05) is 31.3 Å². The molecular formula is C13H24N4O. The fourth-order valence-electron chi connectivity index (χ4n) is 1.85. The molecule has 0 aliphatic carbocycles. The predicted octanol–water partition coefficient (Wildman–Crippen LogP) is 2.16. The van der Waals surface area contributed by atoms with Gasteiger partial charge in [0, 0.05) is 31.3 Å². The van der Waals surface area contributed by atoms with Gasteiger partial charge in [-0.25, -0.2) is 4.98 Å². The van der Waals surface area contributed by atoms with Gasteiger partial charge >= 0.3 is 0 Å². The fraction of sp³-hybridized carbons (Fsp3) is 0.692. The SMILES string of the molecule is CCCCCNc1nc(N)nc(C)c1CCOC. The molecule has 0 aliphatic heterocycles. The number of hydrogen-bond acceptors (Lipinski definition) is 5. The third-order valence-corrected chi connectivity index (χ3v) is 2.86. The predicted molar refractivity (Wildman–Crippen MR) is 74.8 cm³/mol. The van der Waals surface area contributed by atoms with Gasteiger partial charge in [0.15, 0.2) is 0 Å². The second kappa shape index (κ2) is 7.87. The van der Waals surface area contributed by atoms with Gasteiger partial charge in [-0.1, -0.05) is 19.8 Å². The Morgan fingerprint density at radius 3 is 2.72 bits per heavy atom. The number of nitrogens with two attached hydrogens (primary N) is 1. The fourth-order valence-corrected chi connectivity index (χ4v) is 1.85. The highest BCUT2D eigenvalue weighted by Gasteiger charge is 2.09. The average molecular weight is 252 g/mol. The first-order chi connectivity index (χ1) is 8.69. The highest BCUT2D eigenvalue weighted by atomic mass is 16.5. The number of methoxy groups -OCH3 is 1. The van der Waals surface area contributed by atoms with Crippen molar-refractivity contribution in [3.63, 3.8) is 0 Å². The lowest BCUT2D eigenvalue weighted by molar-refractivity contribution is 0.202. The smallest absolute Gasteiger partial charge is 0.222 e. The van der Waals surface area contributed by atoms with Crippen LogP contribution in [-0.2, 0) is 11.2 Å². The van der Waals surface area contributed by atoms with Crippen LogP contribution in [0.1, 0.15) is 37.4 Å². The molecule has 0 spiro atoms. The molecule has 102 valence electrons. The van der Waals surface area contributed by atoms with E-state index >= 15 is 0 Å². The molecule has 1 heterocycles. The second-order valence-electron chi connectivity index (χ2n) is 4.37. The molecule has 0 atom stereocenters. The van der Waals surface area contributed by atoms with Crippen LogP contribution in [0.5, 0.6) is 0 Å². The van der Waals surface area contributed by atoms with E-state index in [1.54, 1.807) is 7.11 Å². The van der Waals surface area contributed by atoms with Crippen molar-refractivity contribution in [2.45, 2.75) is 39.5 Å². The van der Waals surface area contributed by atoms with Crippen molar-refractivity contribution in [1.29, 1.82) is 0 Å². The lowest BCUT2D eigenvalue weighted by Gasteiger charge is -2.13. The molecule has 0 radical (unpaired) electrons. The monoisotopic (exact) mass is 252 g/mol. The van der Waals surface area contributed by atoms with E-state index in [1.807, 2.05) is 6.92 Å². The number of nitrogens with zero attached hydrogens (tertiary/aromatic N) is 2. The lowest BCUT2D eigenvalue weighted by Crippen LogP contribution is -2.12. The summed E-state index contributed by atoms with van der Waals surface area (Å²) in [5.74, 6) is 1.18. The molecule has 0 amide bonds. The highest BCUT2D eigenvalue weighted by Crippen LogP contribution is 2.18. The second-order valence-corrected chi connectivity index (χ2v) is 4.37. The summed E-state index contributed by atoms with van der Waals surface area (Å²) in [6.07, 6.45) is 4.38. The quantitative estimate of drug-likeness (QED) is 0.694. The topological polar surface area (TPSA) is 73.1 Å². The number of ether oxygens (including phenoxy) is 1. The van der Waals surface area contributed by atoms with Gasteiger partial charge in [0.25, 0.3) is 0 Å². The standard InChI is InChI=1S/C13H24N4O/c1-4-5-6-8-15-12-11(7-9-18-3)10(2)16-13(14)17-12/h4-9H2,1-3H3,(H3,14,15,16,17). The van der Waals surface area contributed by atoms with Crippen molar-refractivity contribution in [2.24, 2.45) is 0 Å². The van der Waals surface area contributed by atoms with E-state index in [4.69, 9.17) is 10.5 Å². The summed E-state index contributed by atoms with van der Waals surface area (Å²) in [7, 11) is 1.70. The van der Waals surface area contributed by atoms with Crippen LogP contribution in [0.3, 0.4) is 0 Å². The zero-order valence-corrected chi connectivity index (χ0v) is 11.6. The van der Waals surface area contributed by atoms with Gasteiger partial charge in [-0.3, -0.25) is 0 Å². The van der Waals surface area contributed by atoms with Gasteiger partial charge in [0.1, 0.15) is 5.82 Å². The molecule has 0 unspecified atom stereocenters. The largest absolute Gasteiger partial charge is 0.384 e. The Bertz CT molecular complexity index is 368. The summed E-state index contributed by atoms with van der Waals surface area (Å²) in [6.45, 7) is 5.73. The molecule has 18 heavy (non-hydrogen) atoms. The van der Waals surface area contributed by atoms with Gasteiger partial charge in [0.05, 0.1) is 6.61 Å². The van der Waals surface area contributed by atoms with E-state index in [9.17, 15) is 0 Å². The Kier molecular flexibility index (Phi) is 6.43. The van der Waals surface area contributed by atoms with Crippen LogP contribution in [0.15, 0.2) is 0 Å². The normalized spacial score (nSPS) is 10.6. The highest BCUT2D eigenvalue weighted by molar-refractivity contribution is 5.49. The van der Waals surface area contributed by atoms with Crippen LogP contribution in [0.4, 0.5) is 11.8 Å². The van der Waals surface area contributed by atoms with Crippen LogP contribution in [0.25, 0.3) is 0 Å². The molecule has 0 aromatic carbocycles. The Hall–Kier alpha value is -1.36. The van der Waals surface area contributed by atoms with Crippen LogP contribution in [0.2, 0.25) is 0 Å². The maximum Gasteiger partial charge on any atom is 0.222 e. The van der Waals surface area contributed by atoms with E-state index in [0.29, 0.717) is 12.6 Å². The maximum atomic E-state index is 5.69. The minimum atomic E-state index is 0.326. The lowest BCUT2D eigenvalue weighted by atomic mass is 10.1. The summed E-state index contributed by atoms with van der Waals surface area (Å²) in [6, 6.07) is 0. The van der Waals surface area contributed by atoms with Gasteiger partial charge in [-0.2, -0.15) is 4.98 Å². The summed E-state index contributed by atoms with van der Waals surface area (Å²) in [5.41, 5.74) is 7.72. The first kappa shape index (κ1) is 14.7. The molecule has 0 saturated carbocycles. The number of anilines is 2. The molecule has 0 fully saturated rings. The summed E-state index contributed by atoms with van der Waals surface area (Å²) in [4.78, 5) is 8.49. The van der Waals surface area contributed by atoms with E-state index in [0.717, 1.165) is 36.5 Å². The minimum Gasteiger partial charge on any atom is -0.384 e. The molecule has 1 rings (SSSR count). The van der Waals surface area contributed by atoms with Gasteiger partial charge in [-0.05, 0) is 13.3 Å². The Morgan fingerprint density at radius 2 is 2.06 bits per heavy atom. The van der Waals surface area contributed by atoms with Crippen LogP contribution in [0, 0.1) is 6.92 Å². The van der Waals surface area contributed by atoms with Crippen molar-refractivity contribution in [3.05, 3.63) is 11.3 Å². The van der Waals surface area contributed by atoms with E-state index in [-0.39, 0.29) is 0 Å². The molecular weight excluding hydrogens is 228 g/mol. The molecule has 1 aromatic rings. The number of aryl methyl sites for hydroxylation is 1. The minimum absolute atomic E-state index is 0.326. The summed E-state index contributed by atoms with van der Waals surface area (Å²) < 4.78 is 5.11. The number of aromatic nitrogens is 2. The van der Waals surface area contributed by atoms with E-state index in [1.165, 1.54) is 12.8 Å².